The number of hydrogen-bond donors (Lipinski definition) is 4. The van der Waals surface area contributed by atoms with E-state index in [4.69, 9.17) is 20.4 Å². The van der Waals surface area contributed by atoms with E-state index in [1.54, 1.807) is 0 Å². The van der Waals surface area contributed by atoms with Gasteiger partial charge in [0, 0.05) is 0 Å². The maximum absolute atomic E-state index is 10.6. The van der Waals surface area contributed by atoms with Gasteiger partial charge in [-0.05, 0) is 0 Å². The molecule has 0 spiro atoms. The fourth-order valence-corrected chi connectivity index (χ4v) is 1.18. The van der Waals surface area contributed by atoms with Gasteiger partial charge in [0.1, 0.15) is 0 Å². The quantitative estimate of drug-likeness (QED) is 0.520. The van der Waals surface area contributed by atoms with Crippen LogP contribution in [0.1, 0.15) is 39.5 Å². The summed E-state index contributed by atoms with van der Waals surface area (Å²) in [5.41, 5.74) is 0. The molecule has 2 unspecified atom stereocenters. The Morgan fingerprint density at radius 2 is 0.950 bits per heavy atom. The van der Waals surface area contributed by atoms with E-state index in [9.17, 15) is 19.2 Å². The molecule has 0 bridgehead atoms. The van der Waals surface area contributed by atoms with Crippen molar-refractivity contribution < 1.29 is 39.6 Å². The zero-order chi connectivity index (χ0) is 16.3. The second kappa shape index (κ2) is 10.8. The maximum atomic E-state index is 10.6. The summed E-state index contributed by atoms with van der Waals surface area (Å²) in [7, 11) is 0. The van der Waals surface area contributed by atoms with Gasteiger partial charge in [0.05, 0.1) is 24.7 Å². The normalized spacial score (nSPS) is 12.5. The summed E-state index contributed by atoms with van der Waals surface area (Å²) in [5.74, 6) is -9.79. The molecule has 0 aromatic heterocycles. The predicted molar refractivity (Wildman–Crippen MR) is 67.3 cm³/mol. The predicted octanol–water partition coefficient (Wildman–Crippen LogP) is 1.14. The van der Waals surface area contributed by atoms with Gasteiger partial charge in [-0.25, -0.2) is 0 Å². The average Bonchev–Trinajstić information content (AvgIpc) is 2.32. The van der Waals surface area contributed by atoms with E-state index >= 15 is 0 Å². The molecule has 0 saturated carbocycles. The lowest BCUT2D eigenvalue weighted by atomic mass is 9.87. The van der Waals surface area contributed by atoms with E-state index < -0.39 is 48.6 Å². The van der Waals surface area contributed by atoms with Gasteiger partial charge >= 0.3 is 23.9 Å². The molecular weight excluding hydrogens is 272 g/mol. The van der Waals surface area contributed by atoms with Gasteiger partial charge in [0.2, 0.25) is 0 Å². The fourth-order valence-electron chi connectivity index (χ4n) is 1.18. The summed E-state index contributed by atoms with van der Waals surface area (Å²) in [6, 6.07) is 0. The Balaban J connectivity index is 0. The third kappa shape index (κ3) is 9.86. The molecule has 0 aromatic rings. The second-order valence-corrected chi connectivity index (χ2v) is 4.09. The lowest BCUT2D eigenvalue weighted by molar-refractivity contribution is -0.160. The van der Waals surface area contributed by atoms with Crippen LogP contribution in [0.2, 0.25) is 0 Å². The lowest BCUT2D eigenvalue weighted by Gasteiger charge is -2.16. The molecule has 0 radical (unpaired) electrons. The molecule has 0 heterocycles. The number of aliphatic carboxylic acids is 4. The summed E-state index contributed by atoms with van der Waals surface area (Å²) in [5, 5.41) is 34.1. The monoisotopic (exact) mass is 292 g/mol. The van der Waals surface area contributed by atoms with Crippen molar-refractivity contribution in [1.29, 1.82) is 0 Å². The molecule has 0 amide bonds. The second-order valence-electron chi connectivity index (χ2n) is 4.09. The van der Waals surface area contributed by atoms with E-state index in [1.165, 1.54) is 12.8 Å². The number of unbranched alkanes of at least 4 members (excludes halogenated alkanes) is 1. The number of rotatable bonds is 8. The van der Waals surface area contributed by atoms with Gasteiger partial charge in [-0.1, -0.05) is 26.7 Å². The van der Waals surface area contributed by atoms with Crippen LogP contribution in [0.15, 0.2) is 0 Å². The molecule has 0 aromatic carbocycles. The van der Waals surface area contributed by atoms with E-state index in [0.29, 0.717) is 0 Å². The molecule has 4 N–H and O–H groups in total. The van der Waals surface area contributed by atoms with Crippen LogP contribution in [0, 0.1) is 11.8 Å². The van der Waals surface area contributed by atoms with Crippen LogP contribution in [0.5, 0.6) is 0 Å². The highest BCUT2D eigenvalue weighted by molar-refractivity contribution is 5.86. The number of carboxylic acids is 4. The summed E-state index contributed by atoms with van der Waals surface area (Å²) in [6.07, 6.45) is 0.777. The van der Waals surface area contributed by atoms with Crippen LogP contribution in [0.4, 0.5) is 0 Å². The molecule has 0 saturated heterocycles. The molecular formula is C12H20O8. The Morgan fingerprint density at radius 1 is 0.700 bits per heavy atom. The standard InChI is InChI=1S/C8H10O8.C4H10/c9-5(10)1-3(7(13)14)4(8(15)16)2-6(11)12;1-3-4-2/h3-4H,1-2H2,(H,9,10)(H,11,12)(H,13,14)(H,15,16);3-4H2,1-2H3. The smallest absolute Gasteiger partial charge is 0.307 e. The van der Waals surface area contributed by atoms with Crippen LogP contribution in [0.3, 0.4) is 0 Å². The largest absolute Gasteiger partial charge is 0.481 e. The first-order chi connectivity index (χ1) is 9.17. The lowest BCUT2D eigenvalue weighted by Crippen LogP contribution is -2.33. The molecule has 8 nitrogen and oxygen atoms in total. The van der Waals surface area contributed by atoms with Crippen LogP contribution in [0.25, 0.3) is 0 Å². The van der Waals surface area contributed by atoms with E-state index in [2.05, 4.69) is 13.8 Å². The zero-order valence-electron chi connectivity index (χ0n) is 11.4. The first-order valence-corrected chi connectivity index (χ1v) is 6.06. The van der Waals surface area contributed by atoms with Crippen molar-refractivity contribution in [3.8, 4) is 0 Å². The van der Waals surface area contributed by atoms with Crippen molar-refractivity contribution in [2.45, 2.75) is 39.5 Å². The summed E-state index contributed by atoms with van der Waals surface area (Å²) in [6.45, 7) is 4.36. The Labute approximate surface area is 116 Å². The SMILES string of the molecule is CCCC.O=C(O)CC(C(=O)O)C(CC(=O)O)C(=O)O. The van der Waals surface area contributed by atoms with Gasteiger partial charge in [0.25, 0.3) is 0 Å². The van der Waals surface area contributed by atoms with Crippen LogP contribution >= 0.6 is 0 Å². The molecule has 2 atom stereocenters. The summed E-state index contributed by atoms with van der Waals surface area (Å²) in [4.78, 5) is 41.9. The maximum Gasteiger partial charge on any atom is 0.307 e. The molecule has 20 heavy (non-hydrogen) atoms. The van der Waals surface area contributed by atoms with Crippen molar-refractivity contribution in [3.63, 3.8) is 0 Å². The Morgan fingerprint density at radius 3 is 1.05 bits per heavy atom. The minimum atomic E-state index is -1.76. The first kappa shape index (κ1) is 20.2. The molecule has 8 heteroatoms. The van der Waals surface area contributed by atoms with E-state index in [1.807, 2.05) is 0 Å². The summed E-state index contributed by atoms with van der Waals surface area (Å²) < 4.78 is 0. The Bertz CT molecular complexity index is 315. The summed E-state index contributed by atoms with van der Waals surface area (Å²) >= 11 is 0. The van der Waals surface area contributed by atoms with Gasteiger partial charge in [-0.3, -0.25) is 19.2 Å². The molecule has 0 rings (SSSR count). The molecule has 0 aliphatic carbocycles. The molecule has 0 aliphatic heterocycles. The van der Waals surface area contributed by atoms with Crippen molar-refractivity contribution in [3.05, 3.63) is 0 Å². The van der Waals surface area contributed by atoms with E-state index in [0.717, 1.165) is 0 Å². The Hall–Kier alpha value is -2.12. The average molecular weight is 292 g/mol. The number of carbonyl (C=O) groups is 4. The highest BCUT2D eigenvalue weighted by Crippen LogP contribution is 2.20. The minimum Gasteiger partial charge on any atom is -0.481 e. The van der Waals surface area contributed by atoms with Gasteiger partial charge in [0.15, 0.2) is 0 Å². The highest BCUT2D eigenvalue weighted by atomic mass is 16.4. The van der Waals surface area contributed by atoms with Gasteiger partial charge in [-0.2, -0.15) is 0 Å². The van der Waals surface area contributed by atoms with E-state index in [-0.39, 0.29) is 0 Å². The van der Waals surface area contributed by atoms with Crippen molar-refractivity contribution in [2.75, 3.05) is 0 Å². The molecule has 0 fully saturated rings. The fraction of sp³-hybridized carbons (Fsp3) is 0.667. The zero-order valence-corrected chi connectivity index (χ0v) is 11.4. The van der Waals surface area contributed by atoms with Crippen molar-refractivity contribution in [2.24, 2.45) is 11.8 Å². The highest BCUT2D eigenvalue weighted by Gasteiger charge is 2.36. The number of carboxylic acid groups (broad SMARTS) is 4. The van der Waals surface area contributed by atoms with Crippen molar-refractivity contribution in [1.82, 2.24) is 0 Å². The van der Waals surface area contributed by atoms with Gasteiger partial charge in [-0.15, -0.1) is 0 Å². The Kier molecular flexibility index (Phi) is 10.9. The van der Waals surface area contributed by atoms with Crippen LogP contribution in [-0.2, 0) is 19.2 Å². The topological polar surface area (TPSA) is 149 Å². The van der Waals surface area contributed by atoms with Crippen LogP contribution in [-0.4, -0.2) is 44.3 Å². The van der Waals surface area contributed by atoms with Crippen LogP contribution < -0.4 is 0 Å². The molecule has 0 aliphatic rings. The number of hydrogen-bond acceptors (Lipinski definition) is 4. The third-order valence-electron chi connectivity index (χ3n) is 2.41. The van der Waals surface area contributed by atoms with Crippen molar-refractivity contribution >= 4 is 23.9 Å². The molecule has 116 valence electrons. The first-order valence-electron chi connectivity index (χ1n) is 6.06. The third-order valence-corrected chi connectivity index (χ3v) is 2.41. The van der Waals surface area contributed by atoms with Gasteiger partial charge < -0.3 is 20.4 Å². The minimum absolute atomic E-state index is 0.931.